The van der Waals surface area contributed by atoms with Gasteiger partial charge in [-0.3, -0.25) is 9.36 Å². The fourth-order valence-corrected chi connectivity index (χ4v) is 3.05. The minimum atomic E-state index is -1.24. The highest BCUT2D eigenvalue weighted by Gasteiger charge is 2.21. The molecule has 0 radical (unpaired) electrons. The number of aryl methyl sites for hydroxylation is 2. The van der Waals surface area contributed by atoms with Gasteiger partial charge in [0.15, 0.2) is 24.1 Å². The first-order valence-electron chi connectivity index (χ1n) is 8.16. The molecule has 6 nitrogen and oxygen atoms in total. The van der Waals surface area contributed by atoms with E-state index >= 15 is 0 Å². The Morgan fingerprint density at radius 3 is 2.43 bits per heavy atom. The van der Waals surface area contributed by atoms with Gasteiger partial charge in [0, 0.05) is 23.0 Å². The molecule has 1 aromatic carbocycles. The van der Waals surface area contributed by atoms with Crippen LogP contribution in [0.25, 0.3) is 5.82 Å². The minimum Gasteiger partial charge on any atom is -0.454 e. The van der Waals surface area contributed by atoms with E-state index in [2.05, 4.69) is 5.16 Å². The van der Waals surface area contributed by atoms with Crippen LogP contribution in [0.5, 0.6) is 0 Å². The number of esters is 1. The molecule has 28 heavy (non-hydrogen) atoms. The van der Waals surface area contributed by atoms with Gasteiger partial charge in [-0.1, -0.05) is 16.8 Å². The van der Waals surface area contributed by atoms with Crippen LogP contribution in [0.2, 0.25) is 5.02 Å². The summed E-state index contributed by atoms with van der Waals surface area (Å²) in [6, 6.07) is 4.66. The number of hydrogen-bond acceptors (Lipinski definition) is 5. The first-order valence-corrected chi connectivity index (χ1v) is 8.54. The molecule has 0 aliphatic rings. The van der Waals surface area contributed by atoms with Crippen LogP contribution in [-0.4, -0.2) is 28.1 Å². The van der Waals surface area contributed by atoms with Crippen molar-refractivity contribution in [2.24, 2.45) is 0 Å². The monoisotopic (exact) mass is 408 g/mol. The van der Waals surface area contributed by atoms with Crippen LogP contribution in [0.3, 0.4) is 0 Å². The minimum absolute atomic E-state index is 0.309. The molecule has 0 N–H and O–H groups in total. The molecule has 0 bridgehead atoms. The smallest absolute Gasteiger partial charge is 0.340 e. The third-order valence-corrected chi connectivity index (χ3v) is 4.45. The fraction of sp³-hybridized carbons (Fsp3) is 0.211. The molecule has 0 aliphatic carbocycles. The second kappa shape index (κ2) is 7.55. The van der Waals surface area contributed by atoms with Crippen molar-refractivity contribution in [1.82, 2.24) is 9.72 Å². The Bertz CT molecular complexity index is 1090. The van der Waals surface area contributed by atoms with Crippen molar-refractivity contribution in [3.63, 3.8) is 0 Å². The van der Waals surface area contributed by atoms with E-state index in [4.69, 9.17) is 20.9 Å². The lowest BCUT2D eigenvalue weighted by Gasteiger charge is -2.07. The van der Waals surface area contributed by atoms with Gasteiger partial charge in [-0.2, -0.15) is 0 Å². The summed E-state index contributed by atoms with van der Waals surface area (Å²) in [5.41, 5.74) is 1.31. The van der Waals surface area contributed by atoms with Gasteiger partial charge in [0.2, 0.25) is 5.78 Å². The number of Topliss-reactive ketones (excluding diaryl/α,β-unsaturated/α-hetero) is 1. The second-order valence-corrected chi connectivity index (χ2v) is 6.57. The van der Waals surface area contributed by atoms with E-state index in [1.807, 2.05) is 0 Å². The SMILES string of the molecule is Cc1cc(-n2c(C)cc(C(=O)COC(=O)c3cc(F)c(F)cc3Cl)c2C)no1. The van der Waals surface area contributed by atoms with E-state index < -0.39 is 30.0 Å². The summed E-state index contributed by atoms with van der Waals surface area (Å²) in [5, 5.41) is 3.62. The lowest BCUT2D eigenvalue weighted by molar-refractivity contribution is 0.0474. The molecule has 2 heterocycles. The summed E-state index contributed by atoms with van der Waals surface area (Å²) in [5.74, 6) is -2.78. The number of halogens is 3. The van der Waals surface area contributed by atoms with E-state index in [9.17, 15) is 18.4 Å². The summed E-state index contributed by atoms with van der Waals surface area (Å²) < 4.78 is 38.1. The number of benzene rings is 1. The largest absolute Gasteiger partial charge is 0.454 e. The van der Waals surface area contributed by atoms with Gasteiger partial charge in [-0.15, -0.1) is 0 Å². The normalized spacial score (nSPS) is 10.9. The molecule has 0 saturated heterocycles. The Kier molecular flexibility index (Phi) is 5.33. The van der Waals surface area contributed by atoms with Crippen LogP contribution >= 0.6 is 11.6 Å². The number of nitrogens with zero attached hydrogens (tertiary/aromatic N) is 2. The number of rotatable bonds is 5. The highest BCUT2D eigenvalue weighted by Crippen LogP contribution is 2.23. The Balaban J connectivity index is 1.77. The highest BCUT2D eigenvalue weighted by molar-refractivity contribution is 6.33. The van der Waals surface area contributed by atoms with Gasteiger partial charge in [-0.25, -0.2) is 13.6 Å². The molecule has 0 saturated carbocycles. The summed E-state index contributed by atoms with van der Waals surface area (Å²) >= 11 is 5.74. The molecule has 3 rings (SSSR count). The predicted octanol–water partition coefficient (Wildman–Crippen LogP) is 4.36. The van der Waals surface area contributed by atoms with Gasteiger partial charge >= 0.3 is 5.97 Å². The molecule has 2 aromatic heterocycles. The van der Waals surface area contributed by atoms with E-state index in [1.54, 1.807) is 37.5 Å². The van der Waals surface area contributed by atoms with Crippen LogP contribution in [0, 0.1) is 32.4 Å². The number of carbonyl (C=O) groups is 2. The molecule has 0 atom stereocenters. The summed E-state index contributed by atoms with van der Waals surface area (Å²) in [7, 11) is 0. The first-order chi connectivity index (χ1) is 13.2. The Labute approximate surface area is 163 Å². The van der Waals surface area contributed by atoms with Crippen molar-refractivity contribution in [2.45, 2.75) is 20.8 Å². The zero-order valence-electron chi connectivity index (χ0n) is 15.2. The maximum Gasteiger partial charge on any atom is 0.340 e. The van der Waals surface area contributed by atoms with Crippen molar-refractivity contribution in [1.29, 1.82) is 0 Å². The molecular formula is C19H15ClF2N2O4. The zero-order chi connectivity index (χ0) is 20.6. The number of carbonyl (C=O) groups excluding carboxylic acids is 2. The maximum atomic E-state index is 13.3. The Hall–Kier alpha value is -3.00. The molecule has 0 fully saturated rings. The van der Waals surface area contributed by atoms with Gasteiger partial charge in [0.25, 0.3) is 0 Å². The quantitative estimate of drug-likeness (QED) is 0.356. The molecule has 0 spiro atoms. The third kappa shape index (κ3) is 3.68. The summed E-state index contributed by atoms with van der Waals surface area (Å²) in [4.78, 5) is 24.6. The highest BCUT2D eigenvalue weighted by atomic mass is 35.5. The van der Waals surface area contributed by atoms with Crippen LogP contribution in [-0.2, 0) is 4.74 Å². The fourth-order valence-electron chi connectivity index (χ4n) is 2.82. The van der Waals surface area contributed by atoms with Crippen LogP contribution in [0.1, 0.15) is 37.9 Å². The van der Waals surface area contributed by atoms with E-state index in [0.29, 0.717) is 35.0 Å². The lowest BCUT2D eigenvalue weighted by Crippen LogP contribution is -2.15. The second-order valence-electron chi connectivity index (χ2n) is 6.16. The molecule has 0 aliphatic heterocycles. The average molecular weight is 409 g/mol. The van der Waals surface area contributed by atoms with Gasteiger partial charge in [0.1, 0.15) is 5.76 Å². The molecule has 146 valence electrons. The van der Waals surface area contributed by atoms with E-state index in [-0.39, 0.29) is 10.6 Å². The summed E-state index contributed by atoms with van der Waals surface area (Å²) in [6.45, 7) is 4.68. The van der Waals surface area contributed by atoms with Crippen LogP contribution in [0.4, 0.5) is 8.78 Å². The van der Waals surface area contributed by atoms with E-state index in [0.717, 1.165) is 5.69 Å². The van der Waals surface area contributed by atoms with Crippen LogP contribution in [0.15, 0.2) is 28.8 Å². The van der Waals surface area contributed by atoms with Crippen molar-refractivity contribution >= 4 is 23.4 Å². The van der Waals surface area contributed by atoms with Crippen molar-refractivity contribution < 1.29 is 27.6 Å². The van der Waals surface area contributed by atoms with Gasteiger partial charge in [0.05, 0.1) is 10.6 Å². The third-order valence-electron chi connectivity index (χ3n) is 4.14. The predicted molar refractivity (Wildman–Crippen MR) is 96.0 cm³/mol. The maximum absolute atomic E-state index is 13.3. The number of hydrogen-bond donors (Lipinski definition) is 0. The van der Waals surface area contributed by atoms with Crippen molar-refractivity contribution in [2.75, 3.05) is 6.61 Å². The molecule has 0 amide bonds. The standard InChI is InChI=1S/C19H15ClF2N2O4/c1-9-4-12(11(3)24(9)18-5-10(2)28-23-18)17(25)8-27-19(26)13-6-15(21)16(22)7-14(13)20/h4-7H,8H2,1-3H3. The van der Waals surface area contributed by atoms with Gasteiger partial charge in [-0.05, 0) is 39.0 Å². The topological polar surface area (TPSA) is 74.3 Å². The lowest BCUT2D eigenvalue weighted by atomic mass is 10.1. The zero-order valence-corrected chi connectivity index (χ0v) is 15.9. The Morgan fingerprint density at radius 1 is 1.11 bits per heavy atom. The van der Waals surface area contributed by atoms with E-state index in [1.165, 1.54) is 0 Å². The molecule has 3 aromatic rings. The molecule has 0 unspecified atom stereocenters. The van der Waals surface area contributed by atoms with Gasteiger partial charge < -0.3 is 9.26 Å². The number of aromatic nitrogens is 2. The van der Waals surface area contributed by atoms with Crippen molar-refractivity contribution in [3.05, 3.63) is 69.2 Å². The van der Waals surface area contributed by atoms with Crippen molar-refractivity contribution in [3.8, 4) is 5.82 Å². The summed E-state index contributed by atoms with van der Waals surface area (Å²) in [6.07, 6.45) is 0. The number of ketones is 1. The van der Waals surface area contributed by atoms with Crippen LogP contribution < -0.4 is 0 Å². The Morgan fingerprint density at radius 2 is 1.79 bits per heavy atom. The molecule has 9 heteroatoms. The first kappa shape index (κ1) is 19.8. The average Bonchev–Trinajstić information content (AvgIpc) is 3.18. The number of ether oxygens (including phenoxy) is 1. The molecular weight excluding hydrogens is 394 g/mol.